The van der Waals surface area contributed by atoms with E-state index in [-0.39, 0.29) is 5.92 Å². The van der Waals surface area contributed by atoms with Gasteiger partial charge in [-0.1, -0.05) is 37.3 Å². The van der Waals surface area contributed by atoms with Crippen LogP contribution in [0.25, 0.3) is 0 Å². The average molecular weight is 180 g/mol. The summed E-state index contributed by atoms with van der Waals surface area (Å²) in [6.07, 6.45) is -1.33. The van der Waals surface area contributed by atoms with Crippen LogP contribution in [0.5, 0.6) is 0 Å². The molecule has 0 aliphatic heterocycles. The minimum absolute atomic E-state index is 0.376. The summed E-state index contributed by atoms with van der Waals surface area (Å²) in [6.45, 7) is 1.69. The van der Waals surface area contributed by atoms with Crippen LogP contribution < -0.4 is 0 Å². The first-order valence-electron chi connectivity index (χ1n) is 4.08. The molecule has 0 heterocycles. The molecule has 0 saturated heterocycles. The molecule has 0 aliphatic rings. The summed E-state index contributed by atoms with van der Waals surface area (Å²) in [5, 5.41) is 17.8. The highest BCUT2D eigenvalue weighted by Gasteiger charge is 2.22. The van der Waals surface area contributed by atoms with Gasteiger partial charge in [0.05, 0.1) is 0 Å². The van der Waals surface area contributed by atoms with Gasteiger partial charge in [-0.25, -0.2) is 4.79 Å². The van der Waals surface area contributed by atoms with Gasteiger partial charge >= 0.3 is 5.97 Å². The molecular formula is C10H12O3. The molecule has 1 aromatic rings. The van der Waals surface area contributed by atoms with E-state index in [9.17, 15) is 9.90 Å². The van der Waals surface area contributed by atoms with E-state index < -0.39 is 12.1 Å². The van der Waals surface area contributed by atoms with E-state index >= 15 is 0 Å². The fourth-order valence-corrected chi connectivity index (χ4v) is 1.15. The molecule has 0 saturated carbocycles. The summed E-state index contributed by atoms with van der Waals surface area (Å²) < 4.78 is 0. The lowest BCUT2D eigenvalue weighted by Crippen LogP contribution is -2.25. The summed E-state index contributed by atoms with van der Waals surface area (Å²) >= 11 is 0. The fraction of sp³-hybridized carbons (Fsp3) is 0.300. The number of carboxylic acid groups (broad SMARTS) is 1. The van der Waals surface area contributed by atoms with Gasteiger partial charge < -0.3 is 10.2 Å². The number of hydrogen-bond acceptors (Lipinski definition) is 2. The summed E-state index contributed by atoms with van der Waals surface area (Å²) in [5.74, 6) is -1.56. The number of aliphatic hydroxyl groups excluding tert-OH is 1. The Morgan fingerprint density at radius 3 is 2.31 bits per heavy atom. The molecule has 1 rings (SSSR count). The molecule has 0 unspecified atom stereocenters. The average Bonchev–Trinajstić information content (AvgIpc) is 2.17. The Hall–Kier alpha value is -1.35. The second-order valence-corrected chi connectivity index (χ2v) is 2.98. The van der Waals surface area contributed by atoms with E-state index in [4.69, 9.17) is 5.11 Å². The summed E-state index contributed by atoms with van der Waals surface area (Å²) in [4.78, 5) is 10.5. The van der Waals surface area contributed by atoms with Crippen LogP contribution in [-0.4, -0.2) is 22.3 Å². The van der Waals surface area contributed by atoms with Crippen LogP contribution in [0.4, 0.5) is 0 Å². The number of aliphatic carboxylic acids is 1. The van der Waals surface area contributed by atoms with Crippen LogP contribution in [0.1, 0.15) is 18.4 Å². The Balaban J connectivity index is 2.79. The lowest BCUT2D eigenvalue weighted by molar-refractivity contribution is -0.147. The SMILES string of the molecule is C[C@H](c1ccccc1)[C@H](O)C(=O)O. The normalized spacial score (nSPS) is 14.9. The highest BCUT2D eigenvalue weighted by molar-refractivity contribution is 5.73. The topological polar surface area (TPSA) is 57.5 Å². The molecule has 0 fully saturated rings. The van der Waals surface area contributed by atoms with E-state index in [1.165, 1.54) is 0 Å². The first-order chi connectivity index (χ1) is 6.13. The lowest BCUT2D eigenvalue weighted by Gasteiger charge is -2.14. The predicted octanol–water partition coefficient (Wildman–Crippen LogP) is 1.24. The molecule has 0 amide bonds. The molecule has 0 aromatic heterocycles. The summed E-state index contributed by atoms with van der Waals surface area (Å²) in [7, 11) is 0. The zero-order valence-corrected chi connectivity index (χ0v) is 7.34. The van der Waals surface area contributed by atoms with Gasteiger partial charge in [0.2, 0.25) is 0 Å². The maximum atomic E-state index is 10.5. The van der Waals surface area contributed by atoms with Gasteiger partial charge in [0.1, 0.15) is 0 Å². The zero-order valence-electron chi connectivity index (χ0n) is 7.34. The standard InChI is InChI=1S/C10H12O3/c1-7(9(11)10(12)13)8-5-3-2-4-6-8/h2-7,9,11H,1H3,(H,12,13)/t7-,9+/m1/s1. The van der Waals surface area contributed by atoms with Crippen LogP contribution >= 0.6 is 0 Å². The number of carbonyl (C=O) groups is 1. The predicted molar refractivity (Wildman–Crippen MR) is 48.5 cm³/mol. The smallest absolute Gasteiger partial charge is 0.333 e. The first kappa shape index (κ1) is 9.74. The van der Waals surface area contributed by atoms with E-state index in [2.05, 4.69) is 0 Å². The number of carboxylic acids is 1. The van der Waals surface area contributed by atoms with Crippen molar-refractivity contribution in [1.82, 2.24) is 0 Å². The molecule has 3 nitrogen and oxygen atoms in total. The van der Waals surface area contributed by atoms with Crippen molar-refractivity contribution in [3.63, 3.8) is 0 Å². The minimum atomic E-state index is -1.33. The van der Waals surface area contributed by atoms with Crippen molar-refractivity contribution in [3.8, 4) is 0 Å². The monoisotopic (exact) mass is 180 g/mol. The Morgan fingerprint density at radius 2 is 1.85 bits per heavy atom. The molecule has 3 heteroatoms. The molecule has 1 aromatic carbocycles. The molecule has 13 heavy (non-hydrogen) atoms. The van der Waals surface area contributed by atoms with Crippen LogP contribution in [0.2, 0.25) is 0 Å². The maximum absolute atomic E-state index is 10.5. The minimum Gasteiger partial charge on any atom is -0.479 e. The second-order valence-electron chi connectivity index (χ2n) is 2.98. The third-order valence-electron chi connectivity index (χ3n) is 2.05. The number of hydrogen-bond donors (Lipinski definition) is 2. The molecule has 0 bridgehead atoms. The van der Waals surface area contributed by atoms with Crippen molar-refractivity contribution in [1.29, 1.82) is 0 Å². The summed E-state index contributed by atoms with van der Waals surface area (Å²) in [6, 6.07) is 9.10. The highest BCUT2D eigenvalue weighted by Crippen LogP contribution is 2.18. The summed E-state index contributed by atoms with van der Waals surface area (Å²) in [5.41, 5.74) is 0.831. The molecule has 2 atom stereocenters. The third-order valence-corrected chi connectivity index (χ3v) is 2.05. The van der Waals surface area contributed by atoms with E-state index in [0.29, 0.717) is 0 Å². The number of rotatable bonds is 3. The van der Waals surface area contributed by atoms with Crippen molar-refractivity contribution in [2.75, 3.05) is 0 Å². The Morgan fingerprint density at radius 1 is 1.31 bits per heavy atom. The van der Waals surface area contributed by atoms with Crippen molar-refractivity contribution < 1.29 is 15.0 Å². The zero-order chi connectivity index (χ0) is 9.84. The molecule has 0 aliphatic carbocycles. The molecule has 2 N–H and O–H groups in total. The van der Waals surface area contributed by atoms with E-state index in [1.807, 2.05) is 18.2 Å². The molecule has 70 valence electrons. The van der Waals surface area contributed by atoms with Gasteiger partial charge in [-0.15, -0.1) is 0 Å². The van der Waals surface area contributed by atoms with Gasteiger partial charge in [0, 0.05) is 5.92 Å². The van der Waals surface area contributed by atoms with E-state index in [1.54, 1.807) is 19.1 Å². The largest absolute Gasteiger partial charge is 0.479 e. The van der Waals surface area contributed by atoms with Crippen molar-refractivity contribution >= 4 is 5.97 Å². The highest BCUT2D eigenvalue weighted by atomic mass is 16.4. The number of aliphatic hydroxyl groups is 1. The van der Waals surface area contributed by atoms with Crippen molar-refractivity contribution in [2.45, 2.75) is 18.9 Å². The Bertz CT molecular complexity index is 281. The Kier molecular flexibility index (Phi) is 3.03. The quantitative estimate of drug-likeness (QED) is 0.735. The first-order valence-corrected chi connectivity index (χ1v) is 4.08. The van der Waals surface area contributed by atoms with Crippen molar-refractivity contribution in [2.24, 2.45) is 0 Å². The molecule has 0 spiro atoms. The lowest BCUT2D eigenvalue weighted by atomic mass is 9.96. The third kappa shape index (κ3) is 2.29. The second kappa shape index (κ2) is 4.05. The van der Waals surface area contributed by atoms with Crippen LogP contribution in [0.3, 0.4) is 0 Å². The maximum Gasteiger partial charge on any atom is 0.333 e. The van der Waals surface area contributed by atoms with Gasteiger partial charge in [0.15, 0.2) is 6.10 Å². The van der Waals surface area contributed by atoms with Gasteiger partial charge in [-0.05, 0) is 5.56 Å². The number of benzene rings is 1. The van der Waals surface area contributed by atoms with Crippen LogP contribution in [-0.2, 0) is 4.79 Å². The Labute approximate surface area is 76.6 Å². The van der Waals surface area contributed by atoms with Crippen LogP contribution in [0.15, 0.2) is 30.3 Å². The van der Waals surface area contributed by atoms with Gasteiger partial charge in [-0.2, -0.15) is 0 Å². The van der Waals surface area contributed by atoms with E-state index in [0.717, 1.165) is 5.56 Å². The van der Waals surface area contributed by atoms with Gasteiger partial charge in [-0.3, -0.25) is 0 Å². The molecular weight excluding hydrogens is 168 g/mol. The van der Waals surface area contributed by atoms with Crippen molar-refractivity contribution in [3.05, 3.63) is 35.9 Å². The van der Waals surface area contributed by atoms with Crippen LogP contribution in [0, 0.1) is 0 Å². The molecule has 0 radical (unpaired) electrons. The fourth-order valence-electron chi connectivity index (χ4n) is 1.15. The van der Waals surface area contributed by atoms with Gasteiger partial charge in [0.25, 0.3) is 0 Å².